The summed E-state index contributed by atoms with van der Waals surface area (Å²) in [4.78, 5) is 24.5. The van der Waals surface area contributed by atoms with Gasteiger partial charge in [0.15, 0.2) is 5.69 Å². The SMILES string of the molecule is Cc1cn(-c2ccc(F)cc2)nc1C(=O)NC1(C(=O)O)CCC(C)CC1. The average Bonchev–Trinajstić information content (AvgIpc) is 2.99. The second-order valence-electron chi connectivity index (χ2n) is 7.11. The van der Waals surface area contributed by atoms with Crippen LogP contribution in [0.25, 0.3) is 5.69 Å². The fourth-order valence-electron chi connectivity index (χ4n) is 3.33. The van der Waals surface area contributed by atoms with Gasteiger partial charge in [0.05, 0.1) is 5.69 Å². The van der Waals surface area contributed by atoms with E-state index in [4.69, 9.17) is 0 Å². The molecule has 0 radical (unpaired) electrons. The summed E-state index contributed by atoms with van der Waals surface area (Å²) >= 11 is 0. The van der Waals surface area contributed by atoms with Gasteiger partial charge in [-0.2, -0.15) is 5.10 Å². The molecule has 0 aliphatic heterocycles. The third-order valence-corrected chi connectivity index (χ3v) is 5.09. The minimum atomic E-state index is -1.24. The summed E-state index contributed by atoms with van der Waals surface area (Å²) in [5.74, 6) is -1.40. The van der Waals surface area contributed by atoms with Gasteiger partial charge in [0.1, 0.15) is 11.4 Å². The van der Waals surface area contributed by atoms with Crippen molar-refractivity contribution in [2.45, 2.75) is 45.1 Å². The number of carbonyl (C=O) groups is 2. The van der Waals surface area contributed by atoms with Gasteiger partial charge in [0.25, 0.3) is 5.91 Å². The lowest BCUT2D eigenvalue weighted by Gasteiger charge is -2.36. The van der Waals surface area contributed by atoms with Crippen LogP contribution in [0.15, 0.2) is 30.5 Å². The number of hydrogen-bond donors (Lipinski definition) is 2. The zero-order valence-electron chi connectivity index (χ0n) is 14.8. The van der Waals surface area contributed by atoms with Crippen molar-refractivity contribution in [2.24, 2.45) is 5.92 Å². The van der Waals surface area contributed by atoms with Crippen molar-refractivity contribution in [3.05, 3.63) is 47.5 Å². The number of amides is 1. The van der Waals surface area contributed by atoms with Gasteiger partial charge in [-0.05, 0) is 62.8 Å². The van der Waals surface area contributed by atoms with Crippen LogP contribution < -0.4 is 5.32 Å². The number of halogens is 1. The highest BCUT2D eigenvalue weighted by atomic mass is 19.1. The molecule has 1 aromatic heterocycles. The van der Waals surface area contributed by atoms with Crippen LogP contribution in [0.5, 0.6) is 0 Å². The molecular formula is C19H22FN3O3. The minimum absolute atomic E-state index is 0.175. The van der Waals surface area contributed by atoms with Gasteiger partial charge in [-0.3, -0.25) is 4.79 Å². The van der Waals surface area contributed by atoms with Crippen molar-refractivity contribution in [1.82, 2.24) is 15.1 Å². The Bertz CT molecular complexity index is 821. The molecule has 1 saturated carbocycles. The molecule has 3 rings (SSSR count). The molecule has 0 saturated heterocycles. The van der Waals surface area contributed by atoms with Gasteiger partial charge >= 0.3 is 5.97 Å². The van der Waals surface area contributed by atoms with Crippen molar-refractivity contribution in [1.29, 1.82) is 0 Å². The van der Waals surface area contributed by atoms with E-state index in [1.165, 1.54) is 16.8 Å². The molecule has 0 atom stereocenters. The Morgan fingerprint density at radius 1 is 1.27 bits per heavy atom. The standard InChI is InChI=1S/C19H22FN3O3/c1-12-7-9-19(10-8-12,18(25)26)21-17(24)16-13(2)11-23(22-16)15-5-3-14(20)4-6-15/h3-6,11-12H,7-10H2,1-2H3,(H,21,24)(H,25,26). The molecule has 7 heteroatoms. The third kappa shape index (κ3) is 3.47. The summed E-state index contributed by atoms with van der Waals surface area (Å²) in [6.45, 7) is 3.82. The van der Waals surface area contributed by atoms with Crippen LogP contribution in [0, 0.1) is 18.7 Å². The second-order valence-corrected chi connectivity index (χ2v) is 7.11. The number of rotatable bonds is 4. The molecule has 26 heavy (non-hydrogen) atoms. The smallest absolute Gasteiger partial charge is 0.329 e. The Morgan fingerprint density at radius 2 is 1.88 bits per heavy atom. The molecule has 0 bridgehead atoms. The van der Waals surface area contributed by atoms with E-state index in [-0.39, 0.29) is 11.5 Å². The van der Waals surface area contributed by atoms with E-state index in [1.807, 2.05) is 0 Å². The highest BCUT2D eigenvalue weighted by Gasteiger charge is 2.43. The predicted molar refractivity (Wildman–Crippen MR) is 93.7 cm³/mol. The van der Waals surface area contributed by atoms with Crippen LogP contribution in [0.2, 0.25) is 0 Å². The van der Waals surface area contributed by atoms with Crippen LogP contribution in [-0.2, 0) is 4.79 Å². The fourth-order valence-corrected chi connectivity index (χ4v) is 3.33. The molecule has 0 spiro atoms. The molecule has 1 aromatic carbocycles. The Kier molecular flexibility index (Phi) is 4.80. The summed E-state index contributed by atoms with van der Waals surface area (Å²) in [5, 5.41) is 16.7. The van der Waals surface area contributed by atoms with Gasteiger partial charge in [-0.25, -0.2) is 13.9 Å². The maximum Gasteiger partial charge on any atom is 0.329 e. The number of carboxylic acids is 1. The van der Waals surface area contributed by atoms with Gasteiger partial charge in [0.2, 0.25) is 0 Å². The van der Waals surface area contributed by atoms with E-state index >= 15 is 0 Å². The van der Waals surface area contributed by atoms with Crippen molar-refractivity contribution >= 4 is 11.9 Å². The molecule has 1 amide bonds. The number of benzene rings is 1. The average molecular weight is 359 g/mol. The molecule has 138 valence electrons. The number of carbonyl (C=O) groups excluding carboxylic acids is 1. The van der Waals surface area contributed by atoms with Gasteiger partial charge in [-0.15, -0.1) is 0 Å². The van der Waals surface area contributed by atoms with E-state index in [0.29, 0.717) is 30.0 Å². The zero-order chi connectivity index (χ0) is 18.9. The topological polar surface area (TPSA) is 84.2 Å². The quantitative estimate of drug-likeness (QED) is 0.879. The van der Waals surface area contributed by atoms with Crippen molar-refractivity contribution < 1.29 is 19.1 Å². The van der Waals surface area contributed by atoms with E-state index in [2.05, 4.69) is 17.3 Å². The number of hydrogen-bond acceptors (Lipinski definition) is 3. The monoisotopic (exact) mass is 359 g/mol. The molecule has 0 unspecified atom stereocenters. The normalized spacial score (nSPS) is 22.8. The van der Waals surface area contributed by atoms with E-state index in [9.17, 15) is 19.1 Å². The zero-order valence-corrected chi connectivity index (χ0v) is 14.8. The van der Waals surface area contributed by atoms with Gasteiger partial charge in [-0.1, -0.05) is 6.92 Å². The van der Waals surface area contributed by atoms with Crippen LogP contribution in [0.3, 0.4) is 0 Å². The number of aliphatic carboxylic acids is 1. The number of nitrogens with one attached hydrogen (secondary N) is 1. The van der Waals surface area contributed by atoms with Crippen molar-refractivity contribution in [2.75, 3.05) is 0 Å². The third-order valence-electron chi connectivity index (χ3n) is 5.09. The van der Waals surface area contributed by atoms with Crippen LogP contribution >= 0.6 is 0 Å². The molecule has 1 aliphatic rings. The Balaban J connectivity index is 1.83. The van der Waals surface area contributed by atoms with Crippen LogP contribution in [0.1, 0.15) is 48.7 Å². The first-order chi connectivity index (χ1) is 12.3. The first-order valence-corrected chi connectivity index (χ1v) is 8.69. The van der Waals surface area contributed by atoms with Crippen LogP contribution in [-0.4, -0.2) is 32.3 Å². The second kappa shape index (κ2) is 6.90. The number of aromatic nitrogens is 2. The lowest BCUT2D eigenvalue weighted by molar-refractivity contribution is -0.146. The van der Waals surface area contributed by atoms with Crippen molar-refractivity contribution in [3.63, 3.8) is 0 Å². The Hall–Kier alpha value is -2.70. The highest BCUT2D eigenvalue weighted by molar-refractivity contribution is 5.97. The maximum absolute atomic E-state index is 13.1. The molecule has 2 aromatic rings. The van der Waals surface area contributed by atoms with E-state index in [0.717, 1.165) is 12.8 Å². The largest absolute Gasteiger partial charge is 0.480 e. The first kappa shape index (κ1) is 18.1. The molecular weight excluding hydrogens is 337 g/mol. The first-order valence-electron chi connectivity index (χ1n) is 8.69. The summed E-state index contributed by atoms with van der Waals surface area (Å²) in [5.41, 5.74) is 0.175. The Labute approximate surface area is 151 Å². The maximum atomic E-state index is 13.1. The molecule has 6 nitrogen and oxygen atoms in total. The lowest BCUT2D eigenvalue weighted by Crippen LogP contribution is -2.56. The predicted octanol–water partition coefficient (Wildman–Crippen LogP) is 3.08. The molecule has 2 N–H and O–H groups in total. The van der Waals surface area contributed by atoms with Gasteiger partial charge < -0.3 is 10.4 Å². The fraction of sp³-hybridized carbons (Fsp3) is 0.421. The summed E-state index contributed by atoms with van der Waals surface area (Å²) in [6.07, 6.45) is 4.00. The number of aryl methyl sites for hydroxylation is 1. The van der Waals surface area contributed by atoms with Gasteiger partial charge in [0, 0.05) is 11.8 Å². The Morgan fingerprint density at radius 3 is 2.46 bits per heavy atom. The molecule has 1 aliphatic carbocycles. The van der Waals surface area contributed by atoms with E-state index in [1.54, 1.807) is 25.3 Å². The highest BCUT2D eigenvalue weighted by Crippen LogP contribution is 2.32. The summed E-state index contributed by atoms with van der Waals surface area (Å²) in [7, 11) is 0. The minimum Gasteiger partial charge on any atom is -0.480 e. The summed E-state index contributed by atoms with van der Waals surface area (Å²) in [6, 6.07) is 5.75. The van der Waals surface area contributed by atoms with Crippen LogP contribution in [0.4, 0.5) is 4.39 Å². The van der Waals surface area contributed by atoms with Crippen molar-refractivity contribution in [3.8, 4) is 5.69 Å². The number of nitrogens with zero attached hydrogens (tertiary/aromatic N) is 2. The summed E-state index contributed by atoms with van der Waals surface area (Å²) < 4.78 is 14.6. The molecule has 1 fully saturated rings. The van der Waals surface area contributed by atoms with E-state index < -0.39 is 17.4 Å². The number of carboxylic acid groups (broad SMARTS) is 1. The lowest BCUT2D eigenvalue weighted by atomic mass is 9.77. The molecule has 1 heterocycles.